The Hall–Kier alpha value is -0.800. The lowest BCUT2D eigenvalue weighted by Crippen LogP contribution is -2.14. The van der Waals surface area contributed by atoms with Gasteiger partial charge in [-0.2, -0.15) is 5.26 Å². The van der Waals surface area contributed by atoms with E-state index in [2.05, 4.69) is 0 Å². The molecule has 1 aromatic rings. The molecule has 7 heteroatoms. The quantitative estimate of drug-likeness (QED) is 0.820. The molecule has 1 rings (SSSR count). The summed E-state index contributed by atoms with van der Waals surface area (Å²) in [5.41, 5.74) is -0.123. The number of hydrogen-bond donors (Lipinski definition) is 1. The molecule has 0 radical (unpaired) electrons. The number of hydrogen-bond acceptors (Lipinski definition) is 3. The van der Waals surface area contributed by atoms with Gasteiger partial charge in [0, 0.05) is 0 Å². The molecule has 0 aliphatic heterocycles. The van der Waals surface area contributed by atoms with Gasteiger partial charge < -0.3 is 0 Å². The monoisotopic (exact) mass is 250 g/mol. The van der Waals surface area contributed by atoms with Crippen LogP contribution in [-0.2, 0) is 10.0 Å². The average Bonchev–Trinajstić information content (AvgIpc) is 2.07. The van der Waals surface area contributed by atoms with Gasteiger partial charge in [-0.15, -0.1) is 0 Å². The second-order valence-corrected chi connectivity index (χ2v) is 4.68. The minimum Gasteiger partial charge on any atom is -0.225 e. The number of rotatable bonds is 1. The van der Waals surface area contributed by atoms with E-state index < -0.39 is 14.9 Å². The van der Waals surface area contributed by atoms with Gasteiger partial charge in [-0.3, -0.25) is 0 Å². The highest BCUT2D eigenvalue weighted by molar-refractivity contribution is 7.89. The molecule has 1 aromatic carbocycles. The van der Waals surface area contributed by atoms with Crippen LogP contribution in [0.15, 0.2) is 17.0 Å². The summed E-state index contributed by atoms with van der Waals surface area (Å²) in [6, 6.07) is 4.24. The molecule has 0 atom stereocenters. The maximum Gasteiger partial charge on any atom is 0.240 e. The van der Waals surface area contributed by atoms with Gasteiger partial charge in [0.15, 0.2) is 0 Å². The van der Waals surface area contributed by atoms with Gasteiger partial charge in [0.1, 0.15) is 11.0 Å². The molecule has 74 valence electrons. The summed E-state index contributed by atoms with van der Waals surface area (Å²) in [5.74, 6) is 0. The number of benzene rings is 1. The van der Waals surface area contributed by atoms with E-state index in [0.29, 0.717) is 0 Å². The van der Waals surface area contributed by atoms with Crippen LogP contribution < -0.4 is 5.14 Å². The second-order valence-electron chi connectivity index (χ2n) is 2.39. The molecule has 14 heavy (non-hydrogen) atoms. The minimum atomic E-state index is -4.04. The highest BCUT2D eigenvalue weighted by Gasteiger charge is 2.20. The molecule has 0 aliphatic rings. The second kappa shape index (κ2) is 3.75. The van der Waals surface area contributed by atoms with E-state index in [9.17, 15) is 8.42 Å². The van der Waals surface area contributed by atoms with Gasteiger partial charge >= 0.3 is 0 Å². The zero-order valence-electron chi connectivity index (χ0n) is 6.66. The van der Waals surface area contributed by atoms with E-state index in [4.69, 9.17) is 33.6 Å². The van der Waals surface area contributed by atoms with Crippen molar-refractivity contribution < 1.29 is 8.42 Å². The molecule has 0 saturated heterocycles. The molecule has 0 fully saturated rings. The van der Waals surface area contributed by atoms with Gasteiger partial charge in [0.05, 0.1) is 15.6 Å². The topological polar surface area (TPSA) is 83.9 Å². The fraction of sp³-hybridized carbons (Fsp3) is 0. The van der Waals surface area contributed by atoms with Crippen LogP contribution in [0.3, 0.4) is 0 Å². The largest absolute Gasteiger partial charge is 0.240 e. The van der Waals surface area contributed by atoms with Crippen LogP contribution in [0.5, 0.6) is 0 Å². The van der Waals surface area contributed by atoms with E-state index in [-0.39, 0.29) is 15.6 Å². The van der Waals surface area contributed by atoms with Crippen LogP contribution in [0.25, 0.3) is 0 Å². The predicted octanol–water partition coefficient (Wildman–Crippen LogP) is 1.51. The first kappa shape index (κ1) is 11.3. The fourth-order valence-corrected chi connectivity index (χ4v) is 2.38. The first-order valence-corrected chi connectivity index (χ1v) is 5.59. The van der Waals surface area contributed by atoms with Gasteiger partial charge in [-0.05, 0) is 12.1 Å². The third-order valence-corrected chi connectivity index (χ3v) is 3.36. The molecule has 0 aromatic heterocycles. The predicted molar refractivity (Wildman–Crippen MR) is 52.6 cm³/mol. The Bertz CT molecular complexity index is 519. The van der Waals surface area contributed by atoms with Gasteiger partial charge in [0.25, 0.3) is 0 Å². The summed E-state index contributed by atoms with van der Waals surface area (Å²) in [5, 5.41) is 13.3. The summed E-state index contributed by atoms with van der Waals surface area (Å²) in [6.07, 6.45) is 0. The third kappa shape index (κ3) is 1.99. The van der Waals surface area contributed by atoms with E-state index in [1.165, 1.54) is 12.1 Å². The molecule has 0 spiro atoms. The Morgan fingerprint density at radius 2 is 1.93 bits per heavy atom. The van der Waals surface area contributed by atoms with Crippen LogP contribution in [0.2, 0.25) is 10.0 Å². The number of primary sulfonamides is 1. The van der Waals surface area contributed by atoms with Crippen LogP contribution in [0.4, 0.5) is 0 Å². The van der Waals surface area contributed by atoms with Crippen molar-refractivity contribution in [3.8, 4) is 6.07 Å². The van der Waals surface area contributed by atoms with Gasteiger partial charge in [0.2, 0.25) is 10.0 Å². The lowest BCUT2D eigenvalue weighted by atomic mass is 10.2. The van der Waals surface area contributed by atoms with E-state index in [0.717, 1.165) is 0 Å². The molecule has 0 heterocycles. The molecule has 0 unspecified atom stereocenters. The summed E-state index contributed by atoms with van der Waals surface area (Å²) in [6.45, 7) is 0. The normalized spacial score (nSPS) is 11.0. The minimum absolute atomic E-state index is 0.0368. The van der Waals surface area contributed by atoms with Gasteiger partial charge in [-0.1, -0.05) is 23.2 Å². The van der Waals surface area contributed by atoms with Crippen LogP contribution in [0, 0.1) is 11.3 Å². The number of sulfonamides is 1. The standard InChI is InChI=1S/C7H4Cl2N2O2S/c8-5-2-1-4(3-10)7(6(5)9)14(11,12)13/h1-2H,(H2,11,12,13). The Kier molecular flexibility index (Phi) is 3.02. The Morgan fingerprint density at radius 3 is 2.36 bits per heavy atom. The van der Waals surface area contributed by atoms with Crippen molar-refractivity contribution in [2.24, 2.45) is 5.14 Å². The van der Waals surface area contributed by atoms with Crippen molar-refractivity contribution in [2.45, 2.75) is 4.90 Å². The maximum atomic E-state index is 11.1. The Labute approximate surface area is 90.9 Å². The Morgan fingerprint density at radius 1 is 1.36 bits per heavy atom. The zero-order valence-corrected chi connectivity index (χ0v) is 8.99. The molecule has 4 nitrogen and oxygen atoms in total. The van der Waals surface area contributed by atoms with Crippen LogP contribution in [-0.4, -0.2) is 8.42 Å². The zero-order chi connectivity index (χ0) is 10.9. The lowest BCUT2D eigenvalue weighted by Gasteiger charge is -2.04. The smallest absolute Gasteiger partial charge is 0.225 e. The molecule has 2 N–H and O–H groups in total. The van der Waals surface area contributed by atoms with E-state index in [1.807, 2.05) is 0 Å². The average molecular weight is 251 g/mol. The fourth-order valence-electron chi connectivity index (χ4n) is 0.898. The highest BCUT2D eigenvalue weighted by atomic mass is 35.5. The van der Waals surface area contributed by atoms with Crippen molar-refractivity contribution in [2.75, 3.05) is 0 Å². The number of nitrogens with zero attached hydrogens (tertiary/aromatic N) is 1. The first-order chi connectivity index (χ1) is 6.38. The van der Waals surface area contributed by atoms with E-state index >= 15 is 0 Å². The summed E-state index contributed by atoms with van der Waals surface area (Å²) < 4.78 is 22.1. The number of halogens is 2. The molecule has 0 bridgehead atoms. The van der Waals surface area contributed by atoms with E-state index in [1.54, 1.807) is 6.07 Å². The number of nitrogens with two attached hydrogens (primary N) is 1. The van der Waals surface area contributed by atoms with Crippen molar-refractivity contribution in [3.05, 3.63) is 27.7 Å². The van der Waals surface area contributed by atoms with Crippen LogP contribution in [0.1, 0.15) is 5.56 Å². The first-order valence-electron chi connectivity index (χ1n) is 3.29. The molecular formula is C7H4Cl2N2O2S. The van der Waals surface area contributed by atoms with Crippen molar-refractivity contribution in [1.29, 1.82) is 5.26 Å². The molecule has 0 saturated carbocycles. The molecule has 0 aliphatic carbocycles. The number of nitriles is 1. The van der Waals surface area contributed by atoms with Crippen molar-refractivity contribution in [1.82, 2.24) is 0 Å². The summed E-state index contributed by atoms with van der Waals surface area (Å²) in [4.78, 5) is -0.436. The lowest BCUT2D eigenvalue weighted by molar-refractivity contribution is 0.597. The van der Waals surface area contributed by atoms with Crippen molar-refractivity contribution in [3.63, 3.8) is 0 Å². The molecule has 0 amide bonds. The Balaban J connectivity index is 3.72. The summed E-state index contributed by atoms with van der Waals surface area (Å²) in [7, 11) is -4.04. The van der Waals surface area contributed by atoms with Gasteiger partial charge in [-0.25, -0.2) is 13.6 Å². The maximum absolute atomic E-state index is 11.1. The SMILES string of the molecule is N#Cc1ccc(Cl)c(Cl)c1S(N)(=O)=O. The van der Waals surface area contributed by atoms with Crippen LogP contribution >= 0.6 is 23.2 Å². The highest BCUT2D eigenvalue weighted by Crippen LogP contribution is 2.30. The third-order valence-electron chi connectivity index (χ3n) is 1.45. The summed E-state index contributed by atoms with van der Waals surface area (Å²) >= 11 is 11.2. The molecular weight excluding hydrogens is 247 g/mol. The van der Waals surface area contributed by atoms with Crippen molar-refractivity contribution >= 4 is 33.2 Å².